The second kappa shape index (κ2) is 6.43. The maximum Gasteiger partial charge on any atom is 0.238 e. The van der Waals surface area contributed by atoms with Crippen LogP contribution in [0, 0.1) is 13.8 Å². The van der Waals surface area contributed by atoms with Crippen LogP contribution in [0.2, 0.25) is 0 Å². The fourth-order valence-electron chi connectivity index (χ4n) is 1.97. The molecule has 0 aliphatic heterocycles. The number of rotatable bonds is 5. The Morgan fingerprint density at radius 1 is 1.26 bits per heavy atom. The first-order valence-electron chi connectivity index (χ1n) is 6.45. The predicted molar refractivity (Wildman–Crippen MR) is 75.7 cm³/mol. The zero-order chi connectivity index (χ0) is 14.6. The number of likely N-dealkylation sites (N-methyl/N-ethyl adjacent to an activating group) is 1. The number of phenolic OH excluding ortho intramolecular Hbond substituents is 2. The number of aromatic hydroxyl groups is 2. The summed E-state index contributed by atoms with van der Waals surface area (Å²) in [5.41, 5.74) is 1.76. The summed E-state index contributed by atoms with van der Waals surface area (Å²) in [7, 11) is 0. The molecule has 0 bridgehead atoms. The summed E-state index contributed by atoms with van der Waals surface area (Å²) in [6.45, 7) is 9.37. The van der Waals surface area contributed by atoms with Crippen LogP contribution in [-0.4, -0.2) is 40.7 Å². The number of carbonyl (C=O) groups excluding carboxylic acids is 1. The smallest absolute Gasteiger partial charge is 0.238 e. The Balaban J connectivity index is 2.88. The van der Waals surface area contributed by atoms with Crippen LogP contribution in [0.4, 0.5) is 5.69 Å². The molecule has 0 unspecified atom stereocenters. The van der Waals surface area contributed by atoms with Gasteiger partial charge in [-0.05, 0) is 38.6 Å². The quantitative estimate of drug-likeness (QED) is 0.563. The number of nitrogens with one attached hydrogen (secondary N) is 1. The van der Waals surface area contributed by atoms with E-state index in [1.807, 2.05) is 18.7 Å². The lowest BCUT2D eigenvalue weighted by atomic mass is 10.1. The Morgan fingerprint density at radius 3 is 2.37 bits per heavy atom. The molecule has 0 fully saturated rings. The van der Waals surface area contributed by atoms with Crippen LogP contribution in [0.15, 0.2) is 6.07 Å². The highest BCUT2D eigenvalue weighted by Crippen LogP contribution is 2.36. The third-order valence-corrected chi connectivity index (χ3v) is 3.25. The van der Waals surface area contributed by atoms with Gasteiger partial charge in [-0.25, -0.2) is 0 Å². The molecule has 0 aliphatic carbocycles. The Kier molecular flexibility index (Phi) is 5.18. The van der Waals surface area contributed by atoms with Crippen LogP contribution >= 0.6 is 0 Å². The first-order valence-corrected chi connectivity index (χ1v) is 6.45. The molecule has 0 radical (unpaired) electrons. The molecule has 1 aromatic carbocycles. The molecule has 0 saturated carbocycles. The summed E-state index contributed by atoms with van der Waals surface area (Å²) >= 11 is 0. The van der Waals surface area contributed by atoms with Crippen molar-refractivity contribution >= 4 is 11.6 Å². The van der Waals surface area contributed by atoms with Crippen molar-refractivity contribution in [2.24, 2.45) is 0 Å². The van der Waals surface area contributed by atoms with Gasteiger partial charge in [-0.2, -0.15) is 0 Å². The molecule has 5 nitrogen and oxygen atoms in total. The number of hydrogen-bond acceptors (Lipinski definition) is 4. The zero-order valence-corrected chi connectivity index (χ0v) is 11.9. The fraction of sp³-hybridized carbons (Fsp3) is 0.500. The minimum Gasteiger partial charge on any atom is -0.504 e. The molecule has 0 atom stereocenters. The average molecular weight is 266 g/mol. The van der Waals surface area contributed by atoms with Crippen molar-refractivity contribution in [3.63, 3.8) is 0 Å². The van der Waals surface area contributed by atoms with Gasteiger partial charge in [0.05, 0.1) is 12.2 Å². The molecule has 0 heterocycles. The van der Waals surface area contributed by atoms with Gasteiger partial charge in [-0.3, -0.25) is 9.69 Å². The van der Waals surface area contributed by atoms with E-state index in [2.05, 4.69) is 5.32 Å². The normalized spacial score (nSPS) is 10.8. The van der Waals surface area contributed by atoms with Crippen LogP contribution in [0.3, 0.4) is 0 Å². The summed E-state index contributed by atoms with van der Waals surface area (Å²) in [5, 5.41) is 22.0. The third kappa shape index (κ3) is 3.61. The van der Waals surface area contributed by atoms with Crippen LogP contribution in [0.1, 0.15) is 25.0 Å². The highest BCUT2D eigenvalue weighted by Gasteiger charge is 2.15. The molecule has 0 saturated heterocycles. The number of phenols is 2. The van der Waals surface area contributed by atoms with Gasteiger partial charge < -0.3 is 15.5 Å². The Morgan fingerprint density at radius 2 is 1.84 bits per heavy atom. The molecule has 0 aromatic heterocycles. The molecule has 1 rings (SSSR count). The molecular formula is C14H22N2O3. The maximum absolute atomic E-state index is 11.9. The fourth-order valence-corrected chi connectivity index (χ4v) is 1.97. The van der Waals surface area contributed by atoms with Crippen molar-refractivity contribution in [3.8, 4) is 11.5 Å². The number of anilines is 1. The van der Waals surface area contributed by atoms with E-state index in [1.54, 1.807) is 13.8 Å². The standard InChI is InChI=1S/C14H22N2O3/c1-5-16(6-2)8-12(18)15-13-9(3)7-11(17)14(19)10(13)4/h7,17,19H,5-6,8H2,1-4H3,(H,15,18). The predicted octanol–water partition coefficient (Wildman–Crippen LogP) is 1.99. The summed E-state index contributed by atoms with van der Waals surface area (Å²) in [6, 6.07) is 1.44. The van der Waals surface area contributed by atoms with E-state index < -0.39 is 0 Å². The van der Waals surface area contributed by atoms with Crippen molar-refractivity contribution in [3.05, 3.63) is 17.2 Å². The van der Waals surface area contributed by atoms with Gasteiger partial charge in [0.1, 0.15) is 0 Å². The van der Waals surface area contributed by atoms with Crippen molar-refractivity contribution in [2.45, 2.75) is 27.7 Å². The first-order chi connectivity index (χ1) is 8.90. The van der Waals surface area contributed by atoms with E-state index in [0.717, 1.165) is 18.7 Å². The van der Waals surface area contributed by atoms with Crippen LogP contribution in [0.5, 0.6) is 11.5 Å². The molecule has 5 heteroatoms. The van der Waals surface area contributed by atoms with E-state index in [1.165, 1.54) is 6.07 Å². The van der Waals surface area contributed by atoms with Gasteiger partial charge in [-0.1, -0.05) is 13.8 Å². The highest BCUT2D eigenvalue weighted by molar-refractivity contribution is 5.94. The van der Waals surface area contributed by atoms with Gasteiger partial charge in [-0.15, -0.1) is 0 Å². The molecule has 1 aromatic rings. The topological polar surface area (TPSA) is 72.8 Å². The second-order valence-electron chi connectivity index (χ2n) is 4.57. The molecule has 0 aliphatic rings. The first kappa shape index (κ1) is 15.3. The zero-order valence-electron chi connectivity index (χ0n) is 11.9. The third-order valence-electron chi connectivity index (χ3n) is 3.25. The van der Waals surface area contributed by atoms with Crippen molar-refractivity contribution < 1.29 is 15.0 Å². The van der Waals surface area contributed by atoms with E-state index in [-0.39, 0.29) is 17.4 Å². The lowest BCUT2D eigenvalue weighted by Gasteiger charge is -2.19. The molecular weight excluding hydrogens is 244 g/mol. The Labute approximate surface area is 113 Å². The van der Waals surface area contributed by atoms with Gasteiger partial charge in [0.25, 0.3) is 0 Å². The average Bonchev–Trinajstić information content (AvgIpc) is 2.38. The number of nitrogens with zero attached hydrogens (tertiary/aromatic N) is 1. The second-order valence-corrected chi connectivity index (χ2v) is 4.57. The minimum atomic E-state index is -0.191. The number of aryl methyl sites for hydroxylation is 1. The largest absolute Gasteiger partial charge is 0.504 e. The molecule has 3 N–H and O–H groups in total. The number of amides is 1. The SMILES string of the molecule is CCN(CC)CC(=O)Nc1c(C)cc(O)c(O)c1C. The molecule has 106 valence electrons. The minimum absolute atomic E-state index is 0.125. The summed E-state index contributed by atoms with van der Waals surface area (Å²) in [6.07, 6.45) is 0. The van der Waals surface area contributed by atoms with Gasteiger partial charge in [0.2, 0.25) is 5.91 Å². The van der Waals surface area contributed by atoms with Gasteiger partial charge in [0.15, 0.2) is 11.5 Å². The van der Waals surface area contributed by atoms with Crippen molar-refractivity contribution in [1.82, 2.24) is 4.90 Å². The Hall–Kier alpha value is -1.75. The van der Waals surface area contributed by atoms with Crippen LogP contribution < -0.4 is 5.32 Å². The lowest BCUT2D eigenvalue weighted by molar-refractivity contribution is -0.117. The maximum atomic E-state index is 11.9. The van der Waals surface area contributed by atoms with Crippen LogP contribution in [0.25, 0.3) is 0 Å². The lowest BCUT2D eigenvalue weighted by Crippen LogP contribution is -2.33. The van der Waals surface area contributed by atoms with Crippen LogP contribution in [-0.2, 0) is 4.79 Å². The Bertz CT molecular complexity index is 468. The summed E-state index contributed by atoms with van der Waals surface area (Å²) in [4.78, 5) is 13.9. The summed E-state index contributed by atoms with van der Waals surface area (Å²) in [5.74, 6) is -0.486. The number of carbonyl (C=O) groups is 1. The number of hydrogen-bond donors (Lipinski definition) is 3. The number of benzene rings is 1. The van der Waals surface area contributed by atoms with E-state index in [0.29, 0.717) is 17.8 Å². The highest BCUT2D eigenvalue weighted by atomic mass is 16.3. The monoisotopic (exact) mass is 266 g/mol. The summed E-state index contributed by atoms with van der Waals surface area (Å²) < 4.78 is 0. The van der Waals surface area contributed by atoms with E-state index in [9.17, 15) is 15.0 Å². The molecule has 0 spiro atoms. The molecule has 19 heavy (non-hydrogen) atoms. The molecule has 1 amide bonds. The van der Waals surface area contributed by atoms with Crippen molar-refractivity contribution in [2.75, 3.05) is 25.0 Å². The van der Waals surface area contributed by atoms with Gasteiger partial charge in [0, 0.05) is 5.56 Å². The van der Waals surface area contributed by atoms with Crippen molar-refractivity contribution in [1.29, 1.82) is 0 Å². The van der Waals surface area contributed by atoms with E-state index >= 15 is 0 Å². The van der Waals surface area contributed by atoms with E-state index in [4.69, 9.17) is 0 Å². The van der Waals surface area contributed by atoms with Gasteiger partial charge >= 0.3 is 0 Å².